The van der Waals surface area contributed by atoms with Gasteiger partial charge in [-0.1, -0.05) is 62.4 Å². The maximum atomic E-state index is 7.80. The van der Waals surface area contributed by atoms with Gasteiger partial charge in [-0.25, -0.2) is 9.97 Å². The van der Waals surface area contributed by atoms with Crippen molar-refractivity contribution in [3.8, 4) is 17.1 Å². The van der Waals surface area contributed by atoms with Crippen molar-refractivity contribution in [3.63, 3.8) is 0 Å². The summed E-state index contributed by atoms with van der Waals surface area (Å²) in [5.41, 5.74) is 7.28. The van der Waals surface area contributed by atoms with E-state index in [1.54, 1.807) is 12.1 Å². The van der Waals surface area contributed by atoms with Crippen LogP contribution in [0.25, 0.3) is 72.1 Å². The van der Waals surface area contributed by atoms with Crippen LogP contribution in [0.5, 0.6) is 0 Å². The molecule has 4 aromatic carbocycles. The van der Waals surface area contributed by atoms with E-state index < -0.39 is 6.85 Å². The van der Waals surface area contributed by atoms with E-state index in [4.69, 9.17) is 17.9 Å². The summed E-state index contributed by atoms with van der Waals surface area (Å²) in [6.45, 7) is 2.02. The topological polar surface area (TPSA) is 57.0 Å². The SMILES string of the molecule is [2H]C([2H])([2H])c1ccc2c(n1)oc1c(-c3nc4ccccc4n3-c3ccc(C(C)C)c4oc5ccccc5c34)cccc12. The first-order valence-electron chi connectivity index (χ1n) is 14.5. The number of para-hydroxylation sites is 4. The summed E-state index contributed by atoms with van der Waals surface area (Å²) in [6, 6.07) is 29.7. The molecule has 4 heterocycles. The van der Waals surface area contributed by atoms with Gasteiger partial charge >= 0.3 is 0 Å². The van der Waals surface area contributed by atoms with Gasteiger partial charge in [-0.15, -0.1) is 0 Å². The maximum Gasteiger partial charge on any atom is 0.227 e. The zero-order valence-corrected chi connectivity index (χ0v) is 21.4. The first-order chi connectivity index (χ1) is 20.3. The third-order valence-corrected chi connectivity index (χ3v) is 7.56. The molecule has 0 saturated carbocycles. The molecule has 5 nitrogen and oxygen atoms in total. The highest BCUT2D eigenvalue weighted by Gasteiger charge is 2.24. The Kier molecular flexibility index (Phi) is 3.96. The van der Waals surface area contributed by atoms with Crippen molar-refractivity contribution >= 4 is 55.0 Å². The van der Waals surface area contributed by atoms with Crippen LogP contribution in [0.15, 0.2) is 99.8 Å². The van der Waals surface area contributed by atoms with Crippen LogP contribution >= 0.6 is 0 Å². The molecule has 0 aliphatic heterocycles. The fourth-order valence-corrected chi connectivity index (χ4v) is 5.78. The van der Waals surface area contributed by atoms with Crippen molar-refractivity contribution in [3.05, 3.63) is 102 Å². The largest absolute Gasteiger partial charge is 0.456 e. The Morgan fingerprint density at radius 1 is 0.744 bits per heavy atom. The van der Waals surface area contributed by atoms with Gasteiger partial charge in [0.2, 0.25) is 5.71 Å². The van der Waals surface area contributed by atoms with E-state index in [0.29, 0.717) is 17.1 Å². The van der Waals surface area contributed by atoms with Gasteiger partial charge in [0.1, 0.15) is 22.6 Å². The van der Waals surface area contributed by atoms with E-state index in [1.807, 2.05) is 54.6 Å². The van der Waals surface area contributed by atoms with Crippen LogP contribution in [0.2, 0.25) is 0 Å². The van der Waals surface area contributed by atoms with Crippen LogP contribution in [-0.4, -0.2) is 14.5 Å². The van der Waals surface area contributed by atoms with Crippen molar-refractivity contribution in [1.29, 1.82) is 0 Å². The minimum atomic E-state index is -2.33. The van der Waals surface area contributed by atoms with Gasteiger partial charge in [-0.05, 0) is 60.8 Å². The van der Waals surface area contributed by atoms with Gasteiger partial charge in [0.15, 0.2) is 0 Å². The van der Waals surface area contributed by atoms with Gasteiger partial charge in [0, 0.05) is 26.0 Å². The van der Waals surface area contributed by atoms with E-state index in [-0.39, 0.29) is 11.6 Å². The molecule has 0 aliphatic rings. The molecule has 0 unspecified atom stereocenters. The number of furan rings is 2. The number of aryl methyl sites for hydroxylation is 1. The molecule has 188 valence electrons. The first-order valence-corrected chi connectivity index (χ1v) is 13.0. The fraction of sp³-hybridized carbons (Fsp3) is 0.118. The third kappa shape index (κ3) is 3.13. The van der Waals surface area contributed by atoms with Crippen LogP contribution in [0.4, 0.5) is 0 Å². The second kappa shape index (κ2) is 8.05. The Labute approximate surface area is 228 Å². The molecule has 0 atom stereocenters. The van der Waals surface area contributed by atoms with E-state index >= 15 is 0 Å². The molecule has 0 saturated heterocycles. The van der Waals surface area contributed by atoms with Crippen LogP contribution in [-0.2, 0) is 0 Å². The Hall–Kier alpha value is -4.90. The van der Waals surface area contributed by atoms with Gasteiger partial charge in [0.05, 0.1) is 27.7 Å². The van der Waals surface area contributed by atoms with E-state index in [2.05, 4.69) is 47.7 Å². The van der Waals surface area contributed by atoms with Crippen molar-refractivity contribution in [2.24, 2.45) is 0 Å². The van der Waals surface area contributed by atoms with Gasteiger partial charge in [0.25, 0.3) is 0 Å². The highest BCUT2D eigenvalue weighted by atomic mass is 16.3. The predicted octanol–water partition coefficient (Wildman–Crippen LogP) is 9.32. The Balaban J connectivity index is 1.48. The summed E-state index contributed by atoms with van der Waals surface area (Å²) >= 11 is 0. The highest BCUT2D eigenvalue weighted by molar-refractivity contribution is 6.12. The zero-order valence-electron chi connectivity index (χ0n) is 24.4. The lowest BCUT2D eigenvalue weighted by atomic mass is 9.98. The summed E-state index contributed by atoms with van der Waals surface area (Å²) in [4.78, 5) is 9.49. The molecule has 0 bridgehead atoms. The number of imidazole rings is 1. The fourth-order valence-electron chi connectivity index (χ4n) is 5.78. The molecule has 0 amide bonds. The van der Waals surface area contributed by atoms with E-state index in [9.17, 15) is 0 Å². The highest BCUT2D eigenvalue weighted by Crippen LogP contribution is 2.42. The molecular weight excluding hydrogens is 482 g/mol. The van der Waals surface area contributed by atoms with Crippen molar-refractivity contribution in [1.82, 2.24) is 14.5 Å². The van der Waals surface area contributed by atoms with Crippen molar-refractivity contribution in [2.75, 3.05) is 0 Å². The van der Waals surface area contributed by atoms with Crippen molar-refractivity contribution < 1.29 is 12.9 Å². The number of aromatic nitrogens is 3. The lowest BCUT2D eigenvalue weighted by molar-refractivity contribution is 0.653. The summed E-state index contributed by atoms with van der Waals surface area (Å²) < 4.78 is 38.4. The molecular formula is C34H25N3O2. The molecule has 8 aromatic rings. The second-order valence-corrected chi connectivity index (χ2v) is 10.2. The normalized spacial score (nSPS) is 13.7. The summed E-state index contributed by atoms with van der Waals surface area (Å²) in [7, 11) is 0. The number of pyridine rings is 1. The molecule has 0 spiro atoms. The lowest BCUT2D eigenvalue weighted by Gasteiger charge is -2.14. The average molecular weight is 511 g/mol. The van der Waals surface area contributed by atoms with Gasteiger partial charge < -0.3 is 8.83 Å². The molecule has 4 aromatic heterocycles. The summed E-state index contributed by atoms with van der Waals surface area (Å²) in [6.07, 6.45) is 0. The Bertz CT molecular complexity index is 2340. The summed E-state index contributed by atoms with van der Waals surface area (Å²) in [5.74, 6) is 0.985. The zero-order chi connectivity index (χ0) is 28.7. The predicted molar refractivity (Wildman–Crippen MR) is 158 cm³/mol. The van der Waals surface area contributed by atoms with Crippen LogP contribution < -0.4 is 0 Å². The second-order valence-electron chi connectivity index (χ2n) is 10.2. The van der Waals surface area contributed by atoms with E-state index in [0.717, 1.165) is 60.6 Å². The average Bonchev–Trinajstić information content (AvgIpc) is 3.67. The maximum absolute atomic E-state index is 7.80. The Morgan fingerprint density at radius 3 is 2.49 bits per heavy atom. The standard InChI is InChI=1S/C34H25N3O2/c1-19(2)21-17-18-28(30-24-9-4-7-14-29(24)38-32(21)30)37-27-13-6-5-12-26(27)36-33(37)25-11-8-10-22-23-16-15-20(3)35-34(23)39-31(22)25/h4-19H,1-3H3/i3D3. The minimum absolute atomic E-state index is 0.00214. The summed E-state index contributed by atoms with van der Waals surface area (Å²) in [5, 5.41) is 3.67. The molecule has 5 heteroatoms. The first kappa shape index (κ1) is 19.2. The number of hydrogen-bond acceptors (Lipinski definition) is 4. The number of hydrogen-bond donors (Lipinski definition) is 0. The number of nitrogens with zero attached hydrogens (tertiary/aromatic N) is 3. The molecule has 39 heavy (non-hydrogen) atoms. The van der Waals surface area contributed by atoms with Crippen LogP contribution in [0.1, 0.15) is 35.1 Å². The van der Waals surface area contributed by atoms with Crippen molar-refractivity contribution in [2.45, 2.75) is 26.6 Å². The number of rotatable bonds is 3. The Morgan fingerprint density at radius 2 is 1.59 bits per heavy atom. The molecule has 8 rings (SSSR count). The minimum Gasteiger partial charge on any atom is -0.456 e. The quantitative estimate of drug-likeness (QED) is 0.238. The number of benzene rings is 4. The molecule has 0 aliphatic carbocycles. The van der Waals surface area contributed by atoms with Gasteiger partial charge in [-0.2, -0.15) is 0 Å². The molecule has 0 N–H and O–H groups in total. The van der Waals surface area contributed by atoms with Crippen LogP contribution in [0, 0.1) is 6.85 Å². The van der Waals surface area contributed by atoms with Gasteiger partial charge in [-0.3, -0.25) is 4.57 Å². The molecule has 0 fully saturated rings. The smallest absolute Gasteiger partial charge is 0.227 e. The van der Waals surface area contributed by atoms with Crippen LogP contribution in [0.3, 0.4) is 0 Å². The number of fused-ring (bicyclic) bond motifs is 7. The van der Waals surface area contributed by atoms with E-state index in [1.165, 1.54) is 0 Å². The third-order valence-electron chi connectivity index (χ3n) is 7.56. The lowest BCUT2D eigenvalue weighted by Crippen LogP contribution is -2.00. The molecule has 0 radical (unpaired) electrons. The monoisotopic (exact) mass is 510 g/mol.